The molecule has 4 rings (SSSR count). The molecule has 1 aliphatic heterocycles. The molecule has 1 atom stereocenters. The van der Waals surface area contributed by atoms with Crippen molar-refractivity contribution >= 4 is 21.6 Å². The number of rotatable bonds is 7. The van der Waals surface area contributed by atoms with Gasteiger partial charge in [0.1, 0.15) is 18.1 Å². The highest BCUT2D eigenvalue weighted by atomic mass is 32.2. The molecule has 0 aromatic heterocycles. The number of benzene rings is 3. The Hall–Kier alpha value is -3.52. The normalized spacial score (nSPS) is 15.6. The molecule has 3 aromatic carbocycles. The van der Waals surface area contributed by atoms with Gasteiger partial charge in [-0.2, -0.15) is 0 Å². The lowest BCUT2D eigenvalue weighted by atomic mass is 9.86. The third-order valence-electron chi connectivity index (χ3n) is 5.71. The minimum Gasteiger partial charge on any atom is -0.491 e. The van der Waals surface area contributed by atoms with Gasteiger partial charge in [0.2, 0.25) is 0 Å². The van der Waals surface area contributed by atoms with E-state index in [1.54, 1.807) is 42.5 Å². The van der Waals surface area contributed by atoms with Gasteiger partial charge in [-0.15, -0.1) is 0 Å². The van der Waals surface area contributed by atoms with Crippen LogP contribution in [0.25, 0.3) is 0 Å². The average Bonchev–Trinajstić information content (AvgIpc) is 2.86. The Morgan fingerprint density at radius 1 is 1.00 bits per heavy atom. The molecule has 7 nitrogen and oxygen atoms in total. The Labute approximate surface area is 206 Å². The molecular formula is C27H30N2O5S. The number of hydrogen-bond acceptors (Lipinski definition) is 5. The van der Waals surface area contributed by atoms with E-state index in [-0.39, 0.29) is 30.0 Å². The van der Waals surface area contributed by atoms with Gasteiger partial charge in [0.05, 0.1) is 23.7 Å². The number of ether oxygens (including phenoxy) is 2. The number of nitrogens with one attached hydrogen (secondary N) is 1. The van der Waals surface area contributed by atoms with Crippen molar-refractivity contribution in [2.24, 2.45) is 0 Å². The Morgan fingerprint density at radius 2 is 1.66 bits per heavy atom. The van der Waals surface area contributed by atoms with Gasteiger partial charge in [0.25, 0.3) is 15.9 Å². The van der Waals surface area contributed by atoms with E-state index in [0.29, 0.717) is 11.4 Å². The predicted molar refractivity (Wildman–Crippen MR) is 135 cm³/mol. The maximum Gasteiger partial charge on any atom is 0.264 e. The lowest BCUT2D eigenvalue weighted by molar-refractivity contribution is -0.127. The summed E-state index contributed by atoms with van der Waals surface area (Å²) in [7, 11) is -3.87. The second kappa shape index (κ2) is 10.00. The smallest absolute Gasteiger partial charge is 0.264 e. The van der Waals surface area contributed by atoms with Crippen LogP contribution >= 0.6 is 0 Å². The standard InChI is InChI=1S/C27H30N2O5S/c1-27(2,3)21-13-7-9-15-23(21)33-18-17-28-26(30)25-19-29(22-14-8-10-16-24(22)34-25)35(31,32)20-11-5-4-6-12-20/h4-16,25H,17-19H2,1-3H3,(H,28,30)/t25-/m0/s1. The van der Waals surface area contributed by atoms with E-state index in [4.69, 9.17) is 9.47 Å². The molecule has 3 aromatic rings. The Balaban J connectivity index is 1.44. The van der Waals surface area contributed by atoms with Gasteiger partial charge >= 0.3 is 0 Å². The molecule has 0 saturated carbocycles. The molecule has 0 aliphatic carbocycles. The van der Waals surface area contributed by atoms with Crippen LogP contribution < -0.4 is 19.1 Å². The summed E-state index contributed by atoms with van der Waals surface area (Å²) in [5, 5.41) is 2.81. The highest BCUT2D eigenvalue weighted by Crippen LogP contribution is 2.36. The number of sulfonamides is 1. The van der Waals surface area contributed by atoms with Crippen molar-refractivity contribution in [3.63, 3.8) is 0 Å². The van der Waals surface area contributed by atoms with Crippen molar-refractivity contribution in [1.29, 1.82) is 0 Å². The number of amides is 1. The quantitative estimate of drug-likeness (QED) is 0.499. The predicted octanol–water partition coefficient (Wildman–Crippen LogP) is 4.14. The van der Waals surface area contributed by atoms with Crippen molar-refractivity contribution in [2.75, 3.05) is 24.0 Å². The third kappa shape index (κ3) is 5.43. The lowest BCUT2D eigenvalue weighted by Crippen LogP contribution is -2.51. The third-order valence-corrected chi connectivity index (χ3v) is 7.51. The highest BCUT2D eigenvalue weighted by molar-refractivity contribution is 7.92. The zero-order valence-corrected chi connectivity index (χ0v) is 20.9. The SMILES string of the molecule is CC(C)(C)c1ccccc1OCCNC(=O)[C@@H]1CN(S(=O)(=O)c2ccccc2)c2ccccc2O1. The fourth-order valence-electron chi connectivity index (χ4n) is 3.95. The van der Waals surface area contributed by atoms with Gasteiger partial charge in [-0.3, -0.25) is 9.10 Å². The molecule has 35 heavy (non-hydrogen) atoms. The van der Waals surface area contributed by atoms with E-state index in [1.165, 1.54) is 16.4 Å². The van der Waals surface area contributed by atoms with Crippen molar-refractivity contribution < 1.29 is 22.7 Å². The zero-order valence-electron chi connectivity index (χ0n) is 20.1. The van der Waals surface area contributed by atoms with Gasteiger partial charge in [0, 0.05) is 0 Å². The largest absolute Gasteiger partial charge is 0.491 e. The molecule has 1 N–H and O–H groups in total. The van der Waals surface area contributed by atoms with Crippen molar-refractivity contribution in [3.8, 4) is 11.5 Å². The fourth-order valence-corrected chi connectivity index (χ4v) is 5.44. The van der Waals surface area contributed by atoms with Gasteiger partial charge in [-0.25, -0.2) is 8.42 Å². The van der Waals surface area contributed by atoms with Gasteiger partial charge in [0.15, 0.2) is 6.10 Å². The number of anilines is 1. The molecule has 0 radical (unpaired) electrons. The second-order valence-corrected chi connectivity index (χ2v) is 11.2. The first-order chi connectivity index (χ1) is 16.7. The van der Waals surface area contributed by atoms with Crippen molar-refractivity contribution in [1.82, 2.24) is 5.32 Å². The van der Waals surface area contributed by atoms with Crippen molar-refractivity contribution in [2.45, 2.75) is 37.2 Å². The molecule has 1 amide bonds. The number of carbonyl (C=O) groups is 1. The summed E-state index contributed by atoms with van der Waals surface area (Å²) in [6, 6.07) is 22.8. The van der Waals surface area contributed by atoms with Gasteiger partial charge in [-0.1, -0.05) is 69.3 Å². The summed E-state index contributed by atoms with van der Waals surface area (Å²) in [6.07, 6.45) is -0.995. The summed E-state index contributed by atoms with van der Waals surface area (Å²) in [6.45, 7) is 6.74. The number of fused-ring (bicyclic) bond motifs is 1. The molecule has 0 bridgehead atoms. The van der Waals surface area contributed by atoms with Crippen LogP contribution in [-0.2, 0) is 20.2 Å². The second-order valence-electron chi connectivity index (χ2n) is 9.31. The first-order valence-electron chi connectivity index (χ1n) is 11.5. The summed E-state index contributed by atoms with van der Waals surface area (Å²) in [5.74, 6) is 0.714. The molecule has 8 heteroatoms. The maximum atomic E-state index is 13.4. The number of nitrogens with zero attached hydrogens (tertiary/aromatic N) is 1. The van der Waals surface area contributed by atoms with E-state index in [9.17, 15) is 13.2 Å². The Kier molecular flexibility index (Phi) is 7.03. The summed E-state index contributed by atoms with van der Waals surface area (Å²) >= 11 is 0. The number of hydrogen-bond donors (Lipinski definition) is 1. The van der Waals surface area contributed by atoms with E-state index < -0.39 is 22.0 Å². The van der Waals surface area contributed by atoms with Crippen molar-refractivity contribution in [3.05, 3.63) is 84.4 Å². The monoisotopic (exact) mass is 494 g/mol. The maximum absolute atomic E-state index is 13.4. The lowest BCUT2D eigenvalue weighted by Gasteiger charge is -2.34. The molecule has 0 spiro atoms. The molecule has 1 aliphatic rings. The van der Waals surface area contributed by atoms with Gasteiger partial charge in [-0.05, 0) is 41.3 Å². The van der Waals surface area contributed by atoms with Crippen LogP contribution in [-0.4, -0.2) is 40.1 Å². The summed E-state index contributed by atoms with van der Waals surface area (Å²) < 4.78 is 39.8. The molecular weight excluding hydrogens is 464 g/mol. The minimum atomic E-state index is -3.87. The van der Waals surface area contributed by atoms with Crippen LogP contribution in [0, 0.1) is 0 Å². The van der Waals surface area contributed by atoms with E-state index >= 15 is 0 Å². The molecule has 0 saturated heterocycles. The van der Waals surface area contributed by atoms with Crippen LogP contribution in [0.4, 0.5) is 5.69 Å². The van der Waals surface area contributed by atoms with Crippen LogP contribution in [0.2, 0.25) is 0 Å². The molecule has 0 unspecified atom stereocenters. The van der Waals surface area contributed by atoms with Crippen LogP contribution in [0.3, 0.4) is 0 Å². The topological polar surface area (TPSA) is 84.9 Å². The summed E-state index contributed by atoms with van der Waals surface area (Å²) in [4.78, 5) is 13.1. The van der Waals surface area contributed by atoms with E-state index in [2.05, 4.69) is 26.1 Å². The molecule has 0 fully saturated rings. The first-order valence-corrected chi connectivity index (χ1v) is 13.0. The van der Waals surface area contributed by atoms with Crippen LogP contribution in [0.15, 0.2) is 83.8 Å². The number of para-hydroxylation sites is 3. The average molecular weight is 495 g/mol. The first kappa shape index (κ1) is 24.6. The number of carbonyl (C=O) groups excluding carboxylic acids is 1. The highest BCUT2D eigenvalue weighted by Gasteiger charge is 2.37. The van der Waals surface area contributed by atoms with Crippen LogP contribution in [0.1, 0.15) is 26.3 Å². The Morgan fingerprint density at radius 3 is 2.40 bits per heavy atom. The van der Waals surface area contributed by atoms with Gasteiger partial charge < -0.3 is 14.8 Å². The summed E-state index contributed by atoms with van der Waals surface area (Å²) in [5.41, 5.74) is 1.42. The zero-order chi connectivity index (χ0) is 25.1. The van der Waals surface area contributed by atoms with Crippen LogP contribution in [0.5, 0.6) is 11.5 Å². The minimum absolute atomic E-state index is 0.0725. The molecule has 184 valence electrons. The van der Waals surface area contributed by atoms with E-state index in [1.807, 2.05) is 24.3 Å². The molecule has 1 heterocycles. The Bertz CT molecular complexity index is 1290. The van der Waals surface area contributed by atoms with E-state index in [0.717, 1.165) is 11.3 Å². The fraction of sp³-hybridized carbons (Fsp3) is 0.296.